The van der Waals surface area contributed by atoms with Gasteiger partial charge in [0.15, 0.2) is 0 Å². The van der Waals surface area contributed by atoms with E-state index in [2.05, 4.69) is 5.32 Å². The monoisotopic (exact) mass is 516 g/mol. The fourth-order valence-corrected chi connectivity index (χ4v) is 4.59. The fourth-order valence-electron chi connectivity index (χ4n) is 2.88. The Kier molecular flexibility index (Phi) is 7.26. The molecule has 3 rings (SSSR count). The largest absolute Gasteiger partial charge is 0.416 e. The second-order valence-electron chi connectivity index (χ2n) is 7.04. The third kappa shape index (κ3) is 5.98. The van der Waals surface area contributed by atoms with Gasteiger partial charge in [0, 0.05) is 5.02 Å². The minimum absolute atomic E-state index is 0.114. The van der Waals surface area contributed by atoms with Crippen LogP contribution in [0, 0.1) is 6.92 Å². The van der Waals surface area contributed by atoms with Crippen LogP contribution < -0.4 is 9.62 Å². The third-order valence-corrected chi connectivity index (χ3v) is 6.95. The zero-order valence-corrected chi connectivity index (χ0v) is 19.4. The van der Waals surface area contributed by atoms with Crippen molar-refractivity contribution in [1.82, 2.24) is 0 Å². The molecule has 0 saturated heterocycles. The number of nitrogens with one attached hydrogen (secondary N) is 1. The molecule has 1 N–H and O–H groups in total. The summed E-state index contributed by atoms with van der Waals surface area (Å²) < 4.78 is 66.5. The highest BCUT2D eigenvalue weighted by molar-refractivity contribution is 7.92. The predicted octanol–water partition coefficient (Wildman–Crippen LogP) is 6.15. The second-order valence-corrected chi connectivity index (χ2v) is 9.75. The quantitative estimate of drug-likeness (QED) is 0.426. The molecular formula is C22H17Cl2F3N2O3S. The standard InChI is InChI=1S/C22H17Cl2F3N2O3S/c1-14-2-7-17(8-3-14)29(33(31,32)18-9-5-16(23)6-10-18)13-21(30)28-20-12-15(22(25,26)27)4-11-19(20)24/h2-12H,13H2,1H3,(H,28,30). The normalized spacial score (nSPS) is 11.8. The van der Waals surface area contributed by atoms with E-state index in [0.717, 1.165) is 22.0 Å². The molecule has 0 spiro atoms. The van der Waals surface area contributed by atoms with Gasteiger partial charge >= 0.3 is 6.18 Å². The van der Waals surface area contributed by atoms with Crippen LogP contribution in [0.1, 0.15) is 11.1 Å². The maximum absolute atomic E-state index is 13.3. The second kappa shape index (κ2) is 9.62. The van der Waals surface area contributed by atoms with E-state index in [-0.39, 0.29) is 21.3 Å². The first-order chi connectivity index (χ1) is 15.4. The van der Waals surface area contributed by atoms with Gasteiger partial charge in [0.05, 0.1) is 26.9 Å². The highest BCUT2D eigenvalue weighted by atomic mass is 35.5. The summed E-state index contributed by atoms with van der Waals surface area (Å²) in [6.07, 6.45) is -4.64. The molecule has 0 atom stereocenters. The van der Waals surface area contributed by atoms with Gasteiger partial charge < -0.3 is 5.32 Å². The topological polar surface area (TPSA) is 66.5 Å². The van der Waals surface area contributed by atoms with Gasteiger partial charge in [-0.2, -0.15) is 13.2 Å². The number of hydrogen-bond donors (Lipinski definition) is 1. The van der Waals surface area contributed by atoms with Gasteiger partial charge in [-0.3, -0.25) is 9.10 Å². The van der Waals surface area contributed by atoms with Gasteiger partial charge in [-0.15, -0.1) is 0 Å². The van der Waals surface area contributed by atoms with Crippen molar-refractivity contribution < 1.29 is 26.4 Å². The molecule has 0 aliphatic heterocycles. The summed E-state index contributed by atoms with van der Waals surface area (Å²) in [5.74, 6) is -0.880. The van der Waals surface area contributed by atoms with E-state index in [4.69, 9.17) is 23.2 Å². The number of amides is 1. The molecule has 5 nitrogen and oxygen atoms in total. The lowest BCUT2D eigenvalue weighted by atomic mass is 10.2. The van der Waals surface area contributed by atoms with Crippen molar-refractivity contribution in [3.63, 3.8) is 0 Å². The van der Waals surface area contributed by atoms with Crippen molar-refractivity contribution in [3.05, 3.63) is 87.9 Å². The van der Waals surface area contributed by atoms with Crippen molar-refractivity contribution in [2.75, 3.05) is 16.2 Å². The Hall–Kier alpha value is -2.75. The molecule has 0 bridgehead atoms. The first-order valence-electron chi connectivity index (χ1n) is 9.39. The van der Waals surface area contributed by atoms with E-state index in [9.17, 15) is 26.4 Å². The van der Waals surface area contributed by atoms with E-state index in [1.807, 2.05) is 6.92 Å². The smallest absolute Gasteiger partial charge is 0.323 e. The molecule has 0 radical (unpaired) electrons. The molecule has 0 fully saturated rings. The number of aryl methyl sites for hydroxylation is 1. The summed E-state index contributed by atoms with van der Waals surface area (Å²) in [4.78, 5) is 12.6. The zero-order valence-electron chi connectivity index (χ0n) is 17.0. The SMILES string of the molecule is Cc1ccc(N(CC(=O)Nc2cc(C(F)(F)F)ccc2Cl)S(=O)(=O)c2ccc(Cl)cc2)cc1. The molecule has 0 heterocycles. The van der Waals surface area contributed by atoms with Crippen LogP contribution in [0.25, 0.3) is 0 Å². The number of sulfonamides is 1. The molecule has 0 aliphatic rings. The Bertz CT molecular complexity index is 1260. The maximum Gasteiger partial charge on any atom is 0.416 e. The summed E-state index contributed by atoms with van der Waals surface area (Å²) >= 11 is 11.8. The van der Waals surface area contributed by atoms with Crippen molar-refractivity contribution in [3.8, 4) is 0 Å². The van der Waals surface area contributed by atoms with Crippen LogP contribution in [-0.2, 0) is 21.0 Å². The van der Waals surface area contributed by atoms with E-state index >= 15 is 0 Å². The Morgan fingerprint density at radius 1 is 0.970 bits per heavy atom. The van der Waals surface area contributed by atoms with Crippen LogP contribution in [0.3, 0.4) is 0 Å². The van der Waals surface area contributed by atoms with Crippen molar-refractivity contribution in [2.24, 2.45) is 0 Å². The van der Waals surface area contributed by atoms with Gasteiger partial charge in [0.25, 0.3) is 10.0 Å². The Morgan fingerprint density at radius 2 is 1.58 bits per heavy atom. The van der Waals surface area contributed by atoms with E-state index in [1.54, 1.807) is 12.1 Å². The van der Waals surface area contributed by atoms with E-state index < -0.39 is 34.2 Å². The molecule has 33 heavy (non-hydrogen) atoms. The first kappa shape index (κ1) is 24.9. The van der Waals surface area contributed by atoms with Gasteiger partial charge in [0.1, 0.15) is 6.54 Å². The maximum atomic E-state index is 13.3. The molecule has 0 unspecified atom stereocenters. The summed E-state index contributed by atoms with van der Waals surface area (Å²) in [6.45, 7) is 1.10. The molecule has 0 aliphatic carbocycles. The Morgan fingerprint density at radius 3 is 2.15 bits per heavy atom. The van der Waals surface area contributed by atoms with Gasteiger partial charge in [-0.25, -0.2) is 8.42 Å². The Labute approximate surface area is 198 Å². The lowest BCUT2D eigenvalue weighted by Crippen LogP contribution is -2.38. The zero-order chi connectivity index (χ0) is 24.4. The average Bonchev–Trinajstić information content (AvgIpc) is 2.74. The number of carbonyl (C=O) groups is 1. The van der Waals surface area contributed by atoms with Crippen LogP contribution in [-0.4, -0.2) is 20.9 Å². The fraction of sp³-hybridized carbons (Fsp3) is 0.136. The lowest BCUT2D eigenvalue weighted by Gasteiger charge is -2.24. The van der Waals surface area contributed by atoms with Crippen molar-refractivity contribution in [1.29, 1.82) is 0 Å². The van der Waals surface area contributed by atoms with E-state index in [0.29, 0.717) is 11.1 Å². The van der Waals surface area contributed by atoms with Gasteiger partial charge in [0.2, 0.25) is 5.91 Å². The van der Waals surface area contributed by atoms with Crippen LogP contribution in [0.5, 0.6) is 0 Å². The molecule has 0 aromatic heterocycles. The molecular weight excluding hydrogens is 500 g/mol. The number of alkyl halides is 3. The number of rotatable bonds is 6. The van der Waals surface area contributed by atoms with Crippen molar-refractivity contribution in [2.45, 2.75) is 18.0 Å². The lowest BCUT2D eigenvalue weighted by molar-refractivity contribution is -0.137. The van der Waals surface area contributed by atoms with Gasteiger partial charge in [-0.05, 0) is 61.5 Å². The minimum Gasteiger partial charge on any atom is -0.323 e. The van der Waals surface area contributed by atoms with Crippen LogP contribution in [0.4, 0.5) is 24.5 Å². The minimum atomic E-state index is -4.64. The predicted molar refractivity (Wildman–Crippen MR) is 122 cm³/mol. The van der Waals surface area contributed by atoms with E-state index in [1.165, 1.54) is 36.4 Å². The number of carbonyl (C=O) groups excluding carboxylic acids is 1. The summed E-state index contributed by atoms with van der Waals surface area (Å²) in [7, 11) is -4.21. The molecule has 3 aromatic carbocycles. The average molecular weight is 517 g/mol. The molecule has 11 heteroatoms. The number of anilines is 2. The highest BCUT2D eigenvalue weighted by Gasteiger charge is 2.32. The molecule has 3 aromatic rings. The summed E-state index contributed by atoms with van der Waals surface area (Å²) in [5.41, 5.74) is -0.237. The highest BCUT2D eigenvalue weighted by Crippen LogP contribution is 2.34. The van der Waals surface area contributed by atoms with Crippen LogP contribution >= 0.6 is 23.2 Å². The number of halogens is 5. The molecule has 0 saturated carbocycles. The van der Waals surface area contributed by atoms with Gasteiger partial charge in [-0.1, -0.05) is 40.9 Å². The number of hydrogen-bond acceptors (Lipinski definition) is 3. The van der Waals surface area contributed by atoms with Crippen LogP contribution in [0.15, 0.2) is 71.6 Å². The first-order valence-corrected chi connectivity index (χ1v) is 11.6. The summed E-state index contributed by atoms with van der Waals surface area (Å²) in [6, 6.07) is 14.2. The van der Waals surface area contributed by atoms with Crippen LogP contribution in [0.2, 0.25) is 10.0 Å². The Balaban J connectivity index is 1.95. The molecule has 1 amide bonds. The number of benzene rings is 3. The summed E-state index contributed by atoms with van der Waals surface area (Å²) in [5, 5.41) is 2.47. The van der Waals surface area contributed by atoms with Crippen molar-refractivity contribution >= 4 is 50.5 Å². The third-order valence-electron chi connectivity index (χ3n) is 4.58. The number of nitrogens with zero attached hydrogens (tertiary/aromatic N) is 1. The molecule has 174 valence electrons.